The first kappa shape index (κ1) is 15.8. The van der Waals surface area contributed by atoms with Gasteiger partial charge in [0.15, 0.2) is 0 Å². The average molecular weight is 351 g/mol. The van der Waals surface area contributed by atoms with Gasteiger partial charge in [-0.05, 0) is 31.4 Å². The number of nitrogens with zero attached hydrogens (tertiary/aromatic N) is 1. The van der Waals surface area contributed by atoms with Gasteiger partial charge in [-0.25, -0.2) is 0 Å². The second-order valence-electron chi connectivity index (χ2n) is 5.41. The molecule has 5 heteroatoms. The maximum atomic E-state index is 12.3. The monoisotopic (exact) mass is 350 g/mol. The molecule has 0 saturated carbocycles. The molecule has 0 fully saturated rings. The van der Waals surface area contributed by atoms with Crippen LogP contribution in [0, 0.1) is 12.8 Å². The molecule has 0 saturated heterocycles. The third-order valence-corrected chi connectivity index (χ3v) is 3.74. The van der Waals surface area contributed by atoms with Gasteiger partial charge in [-0.2, -0.15) is 0 Å². The molecule has 0 aliphatic rings. The van der Waals surface area contributed by atoms with Gasteiger partial charge in [0.2, 0.25) is 0 Å². The van der Waals surface area contributed by atoms with Gasteiger partial charge >= 0.3 is 0 Å². The molecule has 0 unspecified atom stereocenters. The summed E-state index contributed by atoms with van der Waals surface area (Å²) in [5.41, 5.74) is 1.96. The highest BCUT2D eigenvalue weighted by molar-refractivity contribution is 9.10. The van der Waals surface area contributed by atoms with Gasteiger partial charge in [0.25, 0.3) is 5.91 Å². The number of benzene rings is 1. The highest BCUT2D eigenvalue weighted by Crippen LogP contribution is 2.26. The zero-order valence-electron chi connectivity index (χ0n) is 12.4. The molecule has 0 aliphatic heterocycles. The Hall–Kier alpha value is -1.62. The van der Waals surface area contributed by atoms with E-state index in [1.54, 1.807) is 6.92 Å². The maximum absolute atomic E-state index is 12.3. The summed E-state index contributed by atoms with van der Waals surface area (Å²) in [6.07, 6.45) is 0.948. The lowest BCUT2D eigenvalue weighted by Gasteiger charge is -2.07. The Balaban J connectivity index is 2.21. The van der Waals surface area contributed by atoms with E-state index in [1.165, 1.54) is 0 Å². The van der Waals surface area contributed by atoms with Gasteiger partial charge < -0.3 is 9.84 Å². The van der Waals surface area contributed by atoms with Crippen molar-refractivity contribution in [2.24, 2.45) is 5.92 Å². The Morgan fingerprint density at radius 3 is 2.62 bits per heavy atom. The molecule has 2 rings (SSSR count). The van der Waals surface area contributed by atoms with Crippen molar-refractivity contribution < 1.29 is 9.32 Å². The SMILES string of the molecule is Cc1onc(-c2ccc(Br)cc2)c1C(=O)NCCC(C)C. The average Bonchev–Trinajstić information content (AvgIpc) is 2.81. The van der Waals surface area contributed by atoms with E-state index in [0.717, 1.165) is 16.5 Å². The van der Waals surface area contributed by atoms with Crippen molar-refractivity contribution in [3.8, 4) is 11.3 Å². The van der Waals surface area contributed by atoms with Gasteiger partial charge in [0.05, 0.1) is 0 Å². The Morgan fingerprint density at radius 1 is 1.33 bits per heavy atom. The van der Waals surface area contributed by atoms with E-state index in [0.29, 0.717) is 29.5 Å². The summed E-state index contributed by atoms with van der Waals surface area (Å²) in [7, 11) is 0. The minimum absolute atomic E-state index is 0.132. The third kappa shape index (κ3) is 3.94. The number of rotatable bonds is 5. The predicted octanol–water partition coefficient (Wildman–Crippen LogP) is 4.19. The molecule has 1 N–H and O–H groups in total. The van der Waals surface area contributed by atoms with E-state index in [1.807, 2.05) is 24.3 Å². The van der Waals surface area contributed by atoms with E-state index in [9.17, 15) is 4.79 Å². The van der Waals surface area contributed by atoms with Gasteiger partial charge in [0, 0.05) is 16.6 Å². The lowest BCUT2D eigenvalue weighted by molar-refractivity contribution is 0.0951. The van der Waals surface area contributed by atoms with Crippen LogP contribution in [0.4, 0.5) is 0 Å². The molecule has 0 aliphatic carbocycles. The Bertz CT molecular complexity index is 618. The fourth-order valence-corrected chi connectivity index (χ4v) is 2.27. The molecule has 0 radical (unpaired) electrons. The first-order valence-corrected chi connectivity index (χ1v) is 7.78. The Labute approximate surface area is 133 Å². The van der Waals surface area contributed by atoms with E-state index in [-0.39, 0.29) is 5.91 Å². The minimum atomic E-state index is -0.132. The summed E-state index contributed by atoms with van der Waals surface area (Å²) in [6, 6.07) is 7.65. The molecular weight excluding hydrogens is 332 g/mol. The Morgan fingerprint density at radius 2 is 2.00 bits per heavy atom. The van der Waals surface area contributed by atoms with Crippen LogP contribution in [0.2, 0.25) is 0 Å². The minimum Gasteiger partial charge on any atom is -0.360 e. The molecular formula is C16H19BrN2O2. The van der Waals surface area contributed by atoms with Gasteiger partial charge in [-0.1, -0.05) is 47.1 Å². The van der Waals surface area contributed by atoms with Crippen LogP contribution in [0.3, 0.4) is 0 Å². The summed E-state index contributed by atoms with van der Waals surface area (Å²) in [6.45, 7) is 6.67. The van der Waals surface area contributed by atoms with Crippen LogP contribution < -0.4 is 5.32 Å². The second-order valence-corrected chi connectivity index (χ2v) is 6.32. The largest absolute Gasteiger partial charge is 0.360 e. The number of nitrogens with one attached hydrogen (secondary N) is 1. The van der Waals surface area contributed by atoms with Crippen LogP contribution in [-0.2, 0) is 0 Å². The summed E-state index contributed by atoms with van der Waals surface area (Å²) in [5, 5.41) is 6.96. The molecule has 2 aromatic rings. The van der Waals surface area contributed by atoms with Crippen molar-refractivity contribution in [2.45, 2.75) is 27.2 Å². The zero-order chi connectivity index (χ0) is 15.4. The summed E-state index contributed by atoms with van der Waals surface area (Å²) in [5.74, 6) is 0.960. The van der Waals surface area contributed by atoms with Crippen LogP contribution in [0.25, 0.3) is 11.3 Å². The van der Waals surface area contributed by atoms with Crippen LogP contribution in [0.1, 0.15) is 36.4 Å². The quantitative estimate of drug-likeness (QED) is 0.879. The number of hydrogen-bond acceptors (Lipinski definition) is 3. The lowest BCUT2D eigenvalue weighted by atomic mass is 10.1. The third-order valence-electron chi connectivity index (χ3n) is 3.21. The molecule has 1 amide bonds. The molecule has 0 atom stereocenters. The normalized spacial score (nSPS) is 10.9. The van der Waals surface area contributed by atoms with Crippen LogP contribution in [-0.4, -0.2) is 17.6 Å². The molecule has 21 heavy (non-hydrogen) atoms. The molecule has 1 heterocycles. The van der Waals surface area contributed by atoms with Crippen LogP contribution in [0.15, 0.2) is 33.3 Å². The molecule has 1 aromatic carbocycles. The first-order chi connectivity index (χ1) is 9.99. The number of aryl methyl sites for hydroxylation is 1. The van der Waals surface area contributed by atoms with Crippen molar-refractivity contribution in [3.05, 3.63) is 40.1 Å². The highest BCUT2D eigenvalue weighted by Gasteiger charge is 2.21. The summed E-state index contributed by atoms with van der Waals surface area (Å²) >= 11 is 3.40. The predicted molar refractivity (Wildman–Crippen MR) is 86.2 cm³/mol. The van der Waals surface area contributed by atoms with E-state index in [4.69, 9.17) is 4.52 Å². The highest BCUT2D eigenvalue weighted by atomic mass is 79.9. The smallest absolute Gasteiger partial charge is 0.257 e. The number of carbonyl (C=O) groups excluding carboxylic acids is 1. The maximum Gasteiger partial charge on any atom is 0.257 e. The fourth-order valence-electron chi connectivity index (χ4n) is 2.01. The van der Waals surface area contributed by atoms with Crippen molar-refractivity contribution in [2.75, 3.05) is 6.54 Å². The number of halogens is 1. The second kappa shape index (κ2) is 6.89. The van der Waals surface area contributed by atoms with Gasteiger partial charge in [-0.3, -0.25) is 4.79 Å². The van der Waals surface area contributed by atoms with Crippen LogP contribution >= 0.6 is 15.9 Å². The number of carbonyl (C=O) groups is 1. The molecule has 0 spiro atoms. The number of amides is 1. The van der Waals surface area contributed by atoms with Crippen molar-refractivity contribution in [1.82, 2.24) is 10.5 Å². The fraction of sp³-hybridized carbons (Fsp3) is 0.375. The molecule has 1 aromatic heterocycles. The number of hydrogen-bond donors (Lipinski definition) is 1. The van der Waals surface area contributed by atoms with Crippen molar-refractivity contribution in [3.63, 3.8) is 0 Å². The molecule has 4 nitrogen and oxygen atoms in total. The molecule has 0 bridgehead atoms. The molecule has 112 valence electrons. The van der Waals surface area contributed by atoms with Crippen LogP contribution in [0.5, 0.6) is 0 Å². The van der Waals surface area contributed by atoms with Crippen molar-refractivity contribution in [1.29, 1.82) is 0 Å². The lowest BCUT2D eigenvalue weighted by Crippen LogP contribution is -2.26. The summed E-state index contributed by atoms with van der Waals surface area (Å²) < 4.78 is 6.19. The zero-order valence-corrected chi connectivity index (χ0v) is 14.0. The van der Waals surface area contributed by atoms with E-state index in [2.05, 4.69) is 40.3 Å². The van der Waals surface area contributed by atoms with Gasteiger partial charge in [0.1, 0.15) is 17.0 Å². The Kier molecular flexibility index (Phi) is 5.17. The standard InChI is InChI=1S/C16H19BrN2O2/c1-10(2)8-9-18-16(20)14-11(3)21-19-15(14)12-4-6-13(17)7-5-12/h4-7,10H,8-9H2,1-3H3,(H,18,20). The topological polar surface area (TPSA) is 55.1 Å². The van der Waals surface area contributed by atoms with Gasteiger partial charge in [-0.15, -0.1) is 0 Å². The van der Waals surface area contributed by atoms with Crippen molar-refractivity contribution >= 4 is 21.8 Å². The van der Waals surface area contributed by atoms with E-state index >= 15 is 0 Å². The van der Waals surface area contributed by atoms with E-state index < -0.39 is 0 Å². The number of aromatic nitrogens is 1. The first-order valence-electron chi connectivity index (χ1n) is 6.99. The summed E-state index contributed by atoms with van der Waals surface area (Å²) in [4.78, 5) is 12.3.